The molecule has 0 aliphatic heterocycles. The largest absolute Gasteiger partial charge is 0.505 e. The third-order valence-corrected chi connectivity index (χ3v) is 3.31. The van der Waals surface area contributed by atoms with Gasteiger partial charge in [0.2, 0.25) is 5.69 Å². The molecule has 0 radical (unpaired) electrons. The lowest BCUT2D eigenvalue weighted by Gasteiger charge is -2.07. The van der Waals surface area contributed by atoms with E-state index in [9.17, 15) is 9.90 Å². The first-order valence-corrected chi connectivity index (χ1v) is 6.07. The van der Waals surface area contributed by atoms with Gasteiger partial charge in [-0.1, -0.05) is 17.7 Å². The van der Waals surface area contributed by atoms with Gasteiger partial charge in [0.1, 0.15) is 5.02 Å². The van der Waals surface area contributed by atoms with Gasteiger partial charge in [-0.05, 0) is 18.2 Å². The van der Waals surface area contributed by atoms with Crippen molar-refractivity contribution in [1.29, 1.82) is 0 Å². The fourth-order valence-electron chi connectivity index (χ4n) is 2.04. The predicted octanol–water partition coefficient (Wildman–Crippen LogP) is 2.14. The molecule has 3 heterocycles. The lowest BCUT2D eigenvalue weighted by atomic mass is 10.1. The Labute approximate surface area is 113 Å². The number of aromatic nitrogens is 2. The summed E-state index contributed by atoms with van der Waals surface area (Å²) in [5, 5.41) is 10.3. The molecule has 0 aromatic carbocycles. The van der Waals surface area contributed by atoms with Crippen LogP contribution in [0.3, 0.4) is 0 Å². The molecule has 0 saturated carbocycles. The number of halogens is 1. The standard InChI is InChI=1S/C14H9ClN2O2/c15-12-10-6-2-4-8-17(10)14(19)11(13(12)18)9-5-1-3-7-16-9/h1-8,18H/p+1. The highest BCUT2D eigenvalue weighted by Gasteiger charge is 2.21. The molecule has 0 unspecified atom stereocenters. The third-order valence-electron chi connectivity index (χ3n) is 2.94. The van der Waals surface area contributed by atoms with Crippen LogP contribution >= 0.6 is 11.6 Å². The van der Waals surface area contributed by atoms with Crippen LogP contribution in [0.15, 0.2) is 53.6 Å². The molecule has 0 aliphatic carbocycles. The van der Waals surface area contributed by atoms with E-state index in [1.54, 1.807) is 48.8 Å². The highest BCUT2D eigenvalue weighted by atomic mass is 35.5. The summed E-state index contributed by atoms with van der Waals surface area (Å²) < 4.78 is 1.41. The van der Waals surface area contributed by atoms with E-state index in [4.69, 9.17) is 11.6 Å². The fraction of sp³-hybridized carbons (Fsp3) is 0. The van der Waals surface area contributed by atoms with E-state index in [1.165, 1.54) is 4.40 Å². The molecule has 3 rings (SSSR count). The van der Waals surface area contributed by atoms with Gasteiger partial charge < -0.3 is 5.11 Å². The second-order valence-corrected chi connectivity index (χ2v) is 4.45. The number of fused-ring (bicyclic) bond motifs is 1. The highest BCUT2D eigenvalue weighted by Crippen LogP contribution is 2.33. The number of pyridine rings is 3. The number of hydrogen-bond acceptors (Lipinski definition) is 2. The monoisotopic (exact) mass is 273 g/mol. The Morgan fingerprint density at radius 1 is 1.16 bits per heavy atom. The van der Waals surface area contributed by atoms with E-state index in [2.05, 4.69) is 4.98 Å². The van der Waals surface area contributed by atoms with Crippen molar-refractivity contribution in [3.8, 4) is 17.0 Å². The van der Waals surface area contributed by atoms with Crippen LogP contribution in [0.1, 0.15) is 0 Å². The van der Waals surface area contributed by atoms with Crippen LogP contribution in [-0.4, -0.2) is 9.51 Å². The molecule has 0 bridgehead atoms. The molecule has 94 valence electrons. The van der Waals surface area contributed by atoms with E-state index in [0.29, 0.717) is 11.2 Å². The molecule has 2 N–H and O–H groups in total. The van der Waals surface area contributed by atoms with Gasteiger partial charge in [-0.3, -0.25) is 9.20 Å². The van der Waals surface area contributed by atoms with Crippen LogP contribution in [-0.2, 0) is 0 Å². The van der Waals surface area contributed by atoms with Crippen molar-refractivity contribution in [2.75, 3.05) is 0 Å². The van der Waals surface area contributed by atoms with Gasteiger partial charge in [-0.15, -0.1) is 0 Å². The van der Waals surface area contributed by atoms with Crippen molar-refractivity contribution in [3.05, 3.63) is 64.2 Å². The van der Waals surface area contributed by atoms with Gasteiger partial charge >= 0.3 is 0 Å². The normalized spacial score (nSPS) is 10.8. The second-order valence-electron chi connectivity index (χ2n) is 4.07. The van der Waals surface area contributed by atoms with E-state index in [-0.39, 0.29) is 21.9 Å². The minimum Gasteiger partial charge on any atom is -0.505 e. The number of nitrogens with one attached hydrogen (secondary N) is 1. The van der Waals surface area contributed by atoms with Crippen LogP contribution in [0.5, 0.6) is 5.75 Å². The molecule has 4 nitrogen and oxygen atoms in total. The zero-order chi connectivity index (χ0) is 13.4. The van der Waals surface area contributed by atoms with Crippen molar-refractivity contribution in [1.82, 2.24) is 4.40 Å². The quantitative estimate of drug-likeness (QED) is 0.738. The van der Waals surface area contributed by atoms with E-state index < -0.39 is 0 Å². The van der Waals surface area contributed by atoms with Crippen molar-refractivity contribution >= 4 is 17.1 Å². The lowest BCUT2D eigenvalue weighted by molar-refractivity contribution is -0.364. The van der Waals surface area contributed by atoms with Crippen LogP contribution in [0.2, 0.25) is 5.02 Å². The highest BCUT2D eigenvalue weighted by molar-refractivity contribution is 6.35. The summed E-state index contributed by atoms with van der Waals surface area (Å²) in [7, 11) is 0. The lowest BCUT2D eigenvalue weighted by Crippen LogP contribution is -2.19. The van der Waals surface area contributed by atoms with Gasteiger partial charge in [0.15, 0.2) is 17.5 Å². The third kappa shape index (κ3) is 1.77. The molecule has 5 heteroatoms. The maximum absolute atomic E-state index is 12.4. The number of hydrogen-bond donors (Lipinski definition) is 1. The van der Waals surface area contributed by atoms with Gasteiger partial charge in [0.05, 0.1) is 5.52 Å². The number of aromatic amines is 1. The van der Waals surface area contributed by atoms with Gasteiger partial charge in [0.25, 0.3) is 5.56 Å². The number of H-pyrrole nitrogens is 1. The number of aromatic hydroxyl groups is 1. The molecule has 19 heavy (non-hydrogen) atoms. The minimum atomic E-state index is -0.319. The van der Waals surface area contributed by atoms with Crippen molar-refractivity contribution < 1.29 is 10.1 Å². The summed E-state index contributed by atoms with van der Waals surface area (Å²) in [5.74, 6) is -0.208. The zero-order valence-corrected chi connectivity index (χ0v) is 10.6. The van der Waals surface area contributed by atoms with E-state index >= 15 is 0 Å². The molecule has 0 fully saturated rings. The molecule has 0 atom stereocenters. The van der Waals surface area contributed by atoms with Crippen molar-refractivity contribution in [3.63, 3.8) is 0 Å². The van der Waals surface area contributed by atoms with Crippen LogP contribution in [0.4, 0.5) is 0 Å². The van der Waals surface area contributed by atoms with Gasteiger partial charge in [-0.25, -0.2) is 4.98 Å². The summed E-state index contributed by atoms with van der Waals surface area (Å²) in [5.41, 5.74) is 0.839. The fourth-order valence-corrected chi connectivity index (χ4v) is 2.29. The Bertz CT molecular complexity index is 813. The Kier molecular flexibility index (Phi) is 2.72. The Morgan fingerprint density at radius 3 is 2.68 bits per heavy atom. The first-order chi connectivity index (χ1) is 9.20. The predicted molar refractivity (Wildman–Crippen MR) is 72.3 cm³/mol. The summed E-state index contributed by atoms with van der Waals surface area (Å²) in [6, 6.07) is 10.5. The first-order valence-electron chi connectivity index (χ1n) is 5.69. The molecule has 0 spiro atoms. The smallest absolute Gasteiger partial charge is 0.273 e. The molecule has 3 aromatic rings. The van der Waals surface area contributed by atoms with Crippen LogP contribution < -0.4 is 10.5 Å². The van der Waals surface area contributed by atoms with E-state index in [1.807, 2.05) is 0 Å². The number of rotatable bonds is 1. The maximum Gasteiger partial charge on any atom is 0.273 e. The molecule has 0 saturated heterocycles. The molecule has 0 aliphatic rings. The summed E-state index contributed by atoms with van der Waals surface area (Å²) >= 11 is 6.13. The minimum absolute atomic E-state index is 0.160. The molecular weight excluding hydrogens is 264 g/mol. The zero-order valence-electron chi connectivity index (χ0n) is 9.80. The summed E-state index contributed by atoms with van der Waals surface area (Å²) in [4.78, 5) is 15.4. The second kappa shape index (κ2) is 4.40. The van der Waals surface area contributed by atoms with Crippen molar-refractivity contribution in [2.24, 2.45) is 0 Å². The van der Waals surface area contributed by atoms with Crippen LogP contribution in [0, 0.1) is 0 Å². The Morgan fingerprint density at radius 2 is 1.95 bits per heavy atom. The maximum atomic E-state index is 12.4. The Hall–Kier alpha value is -2.33. The SMILES string of the molecule is O=c1c(-c2cccc[nH+]2)c(O)c(Cl)c2ccccn12. The van der Waals surface area contributed by atoms with Crippen molar-refractivity contribution in [2.45, 2.75) is 0 Å². The van der Waals surface area contributed by atoms with Crippen LogP contribution in [0.25, 0.3) is 16.8 Å². The van der Waals surface area contributed by atoms with Gasteiger partial charge in [0, 0.05) is 18.3 Å². The number of nitrogens with zero attached hydrogens (tertiary/aromatic N) is 1. The Balaban J connectivity index is 2.48. The topological polar surface area (TPSA) is 55.8 Å². The summed E-state index contributed by atoms with van der Waals surface area (Å²) in [6.07, 6.45) is 3.30. The van der Waals surface area contributed by atoms with E-state index in [0.717, 1.165) is 0 Å². The molecule has 0 amide bonds. The summed E-state index contributed by atoms with van der Waals surface area (Å²) in [6.45, 7) is 0. The average molecular weight is 274 g/mol. The average Bonchev–Trinajstić information content (AvgIpc) is 2.46. The molecular formula is C14H10ClN2O2+. The van der Waals surface area contributed by atoms with Gasteiger partial charge in [-0.2, -0.15) is 0 Å². The first kappa shape index (κ1) is 11.7. The molecule has 3 aromatic heterocycles.